The summed E-state index contributed by atoms with van der Waals surface area (Å²) in [5.74, 6) is 0.387. The molecule has 0 bridgehead atoms. The number of methoxy groups -OCH3 is 1. The van der Waals surface area contributed by atoms with E-state index in [2.05, 4.69) is 10.1 Å². The molecule has 1 atom stereocenters. The van der Waals surface area contributed by atoms with Gasteiger partial charge in [-0.05, 0) is 44.0 Å². The van der Waals surface area contributed by atoms with E-state index in [4.69, 9.17) is 4.74 Å². The fourth-order valence-electron chi connectivity index (χ4n) is 2.32. The van der Waals surface area contributed by atoms with Crippen LogP contribution in [0.2, 0.25) is 0 Å². The van der Waals surface area contributed by atoms with Crippen molar-refractivity contribution in [1.29, 1.82) is 0 Å². The summed E-state index contributed by atoms with van der Waals surface area (Å²) in [7, 11) is 1.38. The molecule has 1 N–H and O–H groups in total. The summed E-state index contributed by atoms with van der Waals surface area (Å²) in [6.07, 6.45) is 4.81. The average Bonchev–Trinajstić information content (AvgIpc) is 2.48. The van der Waals surface area contributed by atoms with E-state index in [1.165, 1.54) is 26.4 Å². The SMILES string of the molecule is COC(=O)c1cccc(OCCC2CCCCN2)c1.Cl. The number of rotatable bonds is 5. The first-order valence-corrected chi connectivity index (χ1v) is 6.84. The number of carbonyl (C=O) groups excluding carboxylic acids is 1. The molecule has 0 radical (unpaired) electrons. The predicted octanol–water partition coefficient (Wildman–Crippen LogP) is 2.81. The van der Waals surface area contributed by atoms with Crippen LogP contribution < -0.4 is 10.1 Å². The summed E-state index contributed by atoms with van der Waals surface area (Å²) in [6.45, 7) is 1.78. The molecule has 1 fully saturated rings. The van der Waals surface area contributed by atoms with Gasteiger partial charge in [-0.3, -0.25) is 0 Å². The van der Waals surface area contributed by atoms with Gasteiger partial charge in [-0.2, -0.15) is 0 Å². The van der Waals surface area contributed by atoms with Crippen molar-refractivity contribution in [3.8, 4) is 5.75 Å². The van der Waals surface area contributed by atoms with Gasteiger partial charge in [-0.1, -0.05) is 12.5 Å². The first kappa shape index (κ1) is 16.8. The van der Waals surface area contributed by atoms with Gasteiger partial charge in [0, 0.05) is 6.04 Å². The largest absolute Gasteiger partial charge is 0.494 e. The van der Waals surface area contributed by atoms with E-state index >= 15 is 0 Å². The van der Waals surface area contributed by atoms with Crippen LogP contribution in [-0.4, -0.2) is 32.3 Å². The number of benzene rings is 1. The fraction of sp³-hybridized carbons (Fsp3) is 0.533. The highest BCUT2D eigenvalue weighted by Gasteiger charge is 2.12. The number of piperidine rings is 1. The Hall–Kier alpha value is -1.26. The molecule has 0 spiro atoms. The van der Waals surface area contributed by atoms with Gasteiger partial charge in [0.1, 0.15) is 5.75 Å². The van der Waals surface area contributed by atoms with Crippen molar-refractivity contribution in [2.45, 2.75) is 31.7 Å². The third kappa shape index (κ3) is 5.02. The monoisotopic (exact) mass is 299 g/mol. The van der Waals surface area contributed by atoms with E-state index in [-0.39, 0.29) is 18.4 Å². The summed E-state index contributed by atoms with van der Waals surface area (Å²) >= 11 is 0. The van der Waals surface area contributed by atoms with Crippen LogP contribution in [0.15, 0.2) is 24.3 Å². The predicted molar refractivity (Wildman–Crippen MR) is 80.8 cm³/mol. The number of ether oxygens (including phenoxy) is 2. The molecular formula is C15H22ClNO3. The normalized spacial score (nSPS) is 17.9. The highest BCUT2D eigenvalue weighted by Crippen LogP contribution is 2.16. The van der Waals surface area contributed by atoms with Crippen LogP contribution in [0.3, 0.4) is 0 Å². The minimum absolute atomic E-state index is 0. The Morgan fingerprint density at radius 1 is 1.40 bits per heavy atom. The third-order valence-electron chi connectivity index (χ3n) is 3.40. The molecule has 5 heteroatoms. The third-order valence-corrected chi connectivity index (χ3v) is 3.40. The van der Waals surface area contributed by atoms with Gasteiger partial charge in [0.25, 0.3) is 0 Å². The summed E-state index contributed by atoms with van der Waals surface area (Å²) in [5.41, 5.74) is 0.524. The van der Waals surface area contributed by atoms with Crippen LogP contribution in [0, 0.1) is 0 Å². The second-order valence-corrected chi connectivity index (χ2v) is 4.80. The Morgan fingerprint density at radius 3 is 2.95 bits per heavy atom. The summed E-state index contributed by atoms with van der Waals surface area (Å²) in [5, 5.41) is 3.49. The molecule has 0 aromatic heterocycles. The Labute approximate surface area is 126 Å². The van der Waals surface area contributed by atoms with Gasteiger partial charge in [-0.15, -0.1) is 12.4 Å². The second kappa shape index (κ2) is 8.82. The number of hydrogen-bond acceptors (Lipinski definition) is 4. The van der Waals surface area contributed by atoms with Gasteiger partial charge in [0.15, 0.2) is 0 Å². The van der Waals surface area contributed by atoms with Crippen LogP contribution in [0.5, 0.6) is 5.75 Å². The van der Waals surface area contributed by atoms with Crippen molar-refractivity contribution in [3.05, 3.63) is 29.8 Å². The molecule has 1 aliphatic heterocycles. The average molecular weight is 300 g/mol. The number of hydrogen-bond donors (Lipinski definition) is 1. The number of carbonyl (C=O) groups is 1. The maximum Gasteiger partial charge on any atom is 0.337 e. The Kier molecular flexibility index (Phi) is 7.41. The number of esters is 1. The Bertz CT molecular complexity index is 419. The Morgan fingerprint density at radius 2 is 2.25 bits per heavy atom. The highest BCUT2D eigenvalue weighted by molar-refractivity contribution is 5.89. The zero-order valence-electron chi connectivity index (χ0n) is 11.8. The molecule has 0 saturated carbocycles. The first-order valence-electron chi connectivity index (χ1n) is 6.84. The maximum absolute atomic E-state index is 11.4. The quantitative estimate of drug-likeness (QED) is 0.849. The molecule has 112 valence electrons. The van der Waals surface area contributed by atoms with E-state index < -0.39 is 0 Å². The smallest absolute Gasteiger partial charge is 0.337 e. The lowest BCUT2D eigenvalue weighted by Gasteiger charge is -2.23. The van der Waals surface area contributed by atoms with E-state index in [9.17, 15) is 4.79 Å². The van der Waals surface area contributed by atoms with Crippen LogP contribution in [0.1, 0.15) is 36.0 Å². The van der Waals surface area contributed by atoms with Crippen molar-refractivity contribution < 1.29 is 14.3 Å². The molecule has 4 nitrogen and oxygen atoms in total. The second-order valence-electron chi connectivity index (χ2n) is 4.80. The molecule has 1 saturated heterocycles. The van der Waals surface area contributed by atoms with Gasteiger partial charge in [0.05, 0.1) is 19.3 Å². The lowest BCUT2D eigenvalue weighted by molar-refractivity contribution is 0.0600. The zero-order chi connectivity index (χ0) is 13.5. The van der Waals surface area contributed by atoms with Crippen molar-refractivity contribution in [2.75, 3.05) is 20.3 Å². The van der Waals surface area contributed by atoms with Crippen molar-refractivity contribution >= 4 is 18.4 Å². The number of halogens is 1. The van der Waals surface area contributed by atoms with Crippen molar-refractivity contribution in [2.24, 2.45) is 0 Å². The van der Waals surface area contributed by atoms with Gasteiger partial charge in [0.2, 0.25) is 0 Å². The topological polar surface area (TPSA) is 47.6 Å². The van der Waals surface area contributed by atoms with E-state index in [0.29, 0.717) is 18.2 Å². The lowest BCUT2D eigenvalue weighted by Crippen LogP contribution is -2.35. The Balaban J connectivity index is 0.00000200. The van der Waals surface area contributed by atoms with E-state index in [0.717, 1.165) is 18.7 Å². The molecule has 1 aromatic rings. The summed E-state index contributed by atoms with van der Waals surface area (Å²) in [4.78, 5) is 11.4. The summed E-state index contributed by atoms with van der Waals surface area (Å²) in [6, 6.07) is 7.68. The molecule has 1 unspecified atom stereocenters. The van der Waals surface area contributed by atoms with E-state index in [1.54, 1.807) is 18.2 Å². The van der Waals surface area contributed by atoms with E-state index in [1.807, 2.05) is 6.07 Å². The molecule has 0 amide bonds. The molecular weight excluding hydrogens is 278 g/mol. The molecule has 20 heavy (non-hydrogen) atoms. The minimum Gasteiger partial charge on any atom is -0.494 e. The van der Waals surface area contributed by atoms with Crippen molar-refractivity contribution in [3.63, 3.8) is 0 Å². The molecule has 2 rings (SSSR count). The maximum atomic E-state index is 11.4. The van der Waals surface area contributed by atoms with Gasteiger partial charge < -0.3 is 14.8 Å². The molecule has 1 aromatic carbocycles. The van der Waals surface area contributed by atoms with Crippen LogP contribution >= 0.6 is 12.4 Å². The van der Waals surface area contributed by atoms with Crippen LogP contribution in [-0.2, 0) is 4.74 Å². The minimum atomic E-state index is -0.334. The van der Waals surface area contributed by atoms with Gasteiger partial charge in [-0.25, -0.2) is 4.79 Å². The lowest BCUT2D eigenvalue weighted by atomic mass is 10.0. The molecule has 0 aliphatic carbocycles. The molecule has 1 heterocycles. The summed E-state index contributed by atoms with van der Waals surface area (Å²) < 4.78 is 10.4. The molecule has 1 aliphatic rings. The van der Waals surface area contributed by atoms with Crippen LogP contribution in [0.4, 0.5) is 0 Å². The highest BCUT2D eigenvalue weighted by atomic mass is 35.5. The number of nitrogens with one attached hydrogen (secondary N) is 1. The zero-order valence-corrected chi connectivity index (χ0v) is 12.6. The fourth-order valence-corrected chi connectivity index (χ4v) is 2.32. The first-order chi connectivity index (χ1) is 9.29. The van der Waals surface area contributed by atoms with Crippen molar-refractivity contribution in [1.82, 2.24) is 5.32 Å². The van der Waals surface area contributed by atoms with Gasteiger partial charge >= 0.3 is 5.97 Å². The standard InChI is InChI=1S/C15H21NO3.ClH/c1-18-15(17)12-5-4-7-14(11-12)19-10-8-13-6-2-3-9-16-13;/h4-5,7,11,13,16H,2-3,6,8-10H2,1H3;1H. The van der Waals surface area contributed by atoms with Crippen LogP contribution in [0.25, 0.3) is 0 Å².